The van der Waals surface area contributed by atoms with Crippen LogP contribution in [0.15, 0.2) is 0 Å². The SMILES string of the molecule is FC(F)(F)C(F)(F)C(F)(F)CCCCCCCCCOCC1CCCCO1. The highest BCUT2D eigenvalue weighted by Gasteiger charge is 2.72. The molecule has 0 aromatic carbocycles. The van der Waals surface area contributed by atoms with Crippen LogP contribution in [0.2, 0.25) is 0 Å². The maximum Gasteiger partial charge on any atom is 0.459 e. The molecule has 0 spiro atoms. The average Bonchev–Trinajstić information content (AvgIpc) is 2.59. The number of alkyl halides is 7. The summed E-state index contributed by atoms with van der Waals surface area (Å²) in [5.41, 5.74) is 0. The molecule has 1 atom stereocenters. The Balaban J connectivity index is 1.96. The van der Waals surface area contributed by atoms with Crippen LogP contribution >= 0.6 is 0 Å². The topological polar surface area (TPSA) is 18.5 Å². The molecule has 0 aromatic heterocycles. The monoisotopic (exact) mass is 410 g/mol. The zero-order valence-electron chi connectivity index (χ0n) is 15.4. The van der Waals surface area contributed by atoms with Crippen molar-refractivity contribution in [1.29, 1.82) is 0 Å². The summed E-state index contributed by atoms with van der Waals surface area (Å²) in [6.45, 7) is 2.00. The van der Waals surface area contributed by atoms with Gasteiger partial charge in [-0.05, 0) is 32.1 Å². The summed E-state index contributed by atoms with van der Waals surface area (Å²) in [4.78, 5) is 0. The van der Waals surface area contributed by atoms with Gasteiger partial charge in [-0.1, -0.05) is 32.1 Å². The lowest BCUT2D eigenvalue weighted by molar-refractivity contribution is -0.355. The summed E-state index contributed by atoms with van der Waals surface area (Å²) < 4.78 is 98.6. The molecule has 0 amide bonds. The fourth-order valence-electron chi connectivity index (χ4n) is 2.95. The maximum absolute atomic E-state index is 13.1. The minimum atomic E-state index is -6.23. The number of hydrogen-bond donors (Lipinski definition) is 0. The van der Waals surface area contributed by atoms with Crippen LogP contribution in [0.5, 0.6) is 0 Å². The molecule has 0 aliphatic carbocycles. The molecule has 0 N–H and O–H groups in total. The van der Waals surface area contributed by atoms with E-state index in [9.17, 15) is 30.7 Å². The fraction of sp³-hybridized carbons (Fsp3) is 1.00. The predicted octanol–water partition coefficient (Wildman–Crippen LogP) is 6.53. The van der Waals surface area contributed by atoms with Crippen LogP contribution in [-0.2, 0) is 9.47 Å². The van der Waals surface area contributed by atoms with Crippen LogP contribution in [0.25, 0.3) is 0 Å². The zero-order chi connectivity index (χ0) is 20.4. The summed E-state index contributed by atoms with van der Waals surface area (Å²) in [7, 11) is 0. The van der Waals surface area contributed by atoms with E-state index in [1.54, 1.807) is 0 Å². The van der Waals surface area contributed by atoms with Crippen molar-refractivity contribution in [2.24, 2.45) is 0 Å². The second-order valence-electron chi connectivity index (χ2n) is 7.06. The molecule has 0 saturated carbocycles. The molecule has 2 nitrogen and oxygen atoms in total. The van der Waals surface area contributed by atoms with E-state index >= 15 is 0 Å². The van der Waals surface area contributed by atoms with Gasteiger partial charge >= 0.3 is 18.0 Å². The van der Waals surface area contributed by atoms with Gasteiger partial charge in [-0.15, -0.1) is 0 Å². The number of ether oxygens (including phenoxy) is 2. The molecular formula is C18H29F7O2. The van der Waals surface area contributed by atoms with Crippen molar-refractivity contribution < 1.29 is 40.2 Å². The lowest BCUT2D eigenvalue weighted by atomic mass is 10.0. The maximum atomic E-state index is 13.1. The van der Waals surface area contributed by atoms with Crippen molar-refractivity contribution in [3.8, 4) is 0 Å². The summed E-state index contributed by atoms with van der Waals surface area (Å²) in [6, 6.07) is 0. The number of halogens is 7. The van der Waals surface area contributed by atoms with Gasteiger partial charge in [-0.3, -0.25) is 0 Å². The molecule has 1 unspecified atom stereocenters. The Bertz CT molecular complexity index is 394. The molecule has 9 heteroatoms. The Kier molecular flexibility index (Phi) is 10.4. The van der Waals surface area contributed by atoms with Crippen molar-refractivity contribution >= 4 is 0 Å². The number of rotatable bonds is 13. The number of hydrogen-bond acceptors (Lipinski definition) is 2. The molecule has 0 bridgehead atoms. The Morgan fingerprint density at radius 3 is 1.93 bits per heavy atom. The van der Waals surface area contributed by atoms with E-state index in [0.29, 0.717) is 19.6 Å². The van der Waals surface area contributed by atoms with E-state index in [4.69, 9.17) is 9.47 Å². The third-order valence-electron chi connectivity index (χ3n) is 4.67. The minimum absolute atomic E-state index is 0.182. The standard InChI is InChI=1S/C18H29F7O2/c19-16(20,17(21,22)18(23,24)25)11-7-4-2-1-3-5-8-12-26-14-15-10-6-9-13-27-15/h15H,1-14H2. The quantitative estimate of drug-likeness (QED) is 0.254. The van der Waals surface area contributed by atoms with Crippen molar-refractivity contribution in [1.82, 2.24) is 0 Å². The largest absolute Gasteiger partial charge is 0.459 e. The van der Waals surface area contributed by atoms with E-state index < -0.39 is 24.4 Å². The van der Waals surface area contributed by atoms with Gasteiger partial charge in [0.2, 0.25) is 0 Å². The number of unbranched alkanes of at least 4 members (excludes halogenated alkanes) is 6. The smallest absolute Gasteiger partial charge is 0.379 e. The highest BCUT2D eigenvalue weighted by Crippen LogP contribution is 2.48. The van der Waals surface area contributed by atoms with Crippen LogP contribution in [0.1, 0.15) is 70.6 Å². The van der Waals surface area contributed by atoms with E-state index in [0.717, 1.165) is 51.6 Å². The molecular weight excluding hydrogens is 381 g/mol. The molecule has 0 aromatic rings. The Labute approximate surface area is 155 Å². The van der Waals surface area contributed by atoms with E-state index in [1.807, 2.05) is 0 Å². The van der Waals surface area contributed by atoms with E-state index in [-0.39, 0.29) is 18.9 Å². The van der Waals surface area contributed by atoms with Crippen LogP contribution < -0.4 is 0 Å². The van der Waals surface area contributed by atoms with Gasteiger partial charge in [-0.25, -0.2) is 0 Å². The lowest BCUT2D eigenvalue weighted by Gasteiger charge is -2.28. The van der Waals surface area contributed by atoms with Crippen molar-refractivity contribution in [2.75, 3.05) is 19.8 Å². The first-order valence-corrected chi connectivity index (χ1v) is 9.59. The molecule has 1 fully saturated rings. The van der Waals surface area contributed by atoms with Crippen LogP contribution in [-0.4, -0.2) is 43.9 Å². The molecule has 1 rings (SSSR count). The first-order chi connectivity index (χ1) is 12.6. The van der Waals surface area contributed by atoms with Gasteiger partial charge < -0.3 is 9.47 Å². The zero-order valence-corrected chi connectivity index (χ0v) is 15.4. The Morgan fingerprint density at radius 2 is 1.37 bits per heavy atom. The highest BCUT2D eigenvalue weighted by atomic mass is 19.4. The molecule has 1 aliphatic heterocycles. The second kappa shape index (κ2) is 11.4. The highest BCUT2D eigenvalue weighted by molar-refractivity contribution is 4.90. The van der Waals surface area contributed by atoms with E-state index in [1.165, 1.54) is 0 Å². The van der Waals surface area contributed by atoms with Gasteiger partial charge in [0, 0.05) is 19.6 Å². The molecule has 1 aliphatic rings. The van der Waals surface area contributed by atoms with Gasteiger partial charge in [0.1, 0.15) is 0 Å². The van der Waals surface area contributed by atoms with Crippen LogP contribution in [0.4, 0.5) is 30.7 Å². The molecule has 1 heterocycles. The normalized spacial score (nSPS) is 19.4. The third-order valence-corrected chi connectivity index (χ3v) is 4.67. The van der Waals surface area contributed by atoms with Crippen molar-refractivity contribution in [2.45, 2.75) is 94.8 Å². The minimum Gasteiger partial charge on any atom is -0.379 e. The van der Waals surface area contributed by atoms with Gasteiger partial charge in [-0.2, -0.15) is 30.7 Å². The second-order valence-corrected chi connectivity index (χ2v) is 7.06. The average molecular weight is 410 g/mol. The lowest BCUT2D eigenvalue weighted by Crippen LogP contribution is -2.51. The van der Waals surface area contributed by atoms with Crippen LogP contribution in [0, 0.1) is 0 Å². The fourth-order valence-corrected chi connectivity index (χ4v) is 2.95. The summed E-state index contributed by atoms with van der Waals surface area (Å²) >= 11 is 0. The van der Waals surface area contributed by atoms with Gasteiger partial charge in [0.05, 0.1) is 12.7 Å². The Morgan fingerprint density at radius 1 is 0.778 bits per heavy atom. The van der Waals surface area contributed by atoms with Crippen molar-refractivity contribution in [3.63, 3.8) is 0 Å². The first-order valence-electron chi connectivity index (χ1n) is 9.59. The van der Waals surface area contributed by atoms with Gasteiger partial charge in [0.15, 0.2) is 0 Å². The first kappa shape index (κ1) is 24.5. The molecule has 27 heavy (non-hydrogen) atoms. The molecule has 1 saturated heterocycles. The van der Waals surface area contributed by atoms with Gasteiger partial charge in [0.25, 0.3) is 0 Å². The summed E-state index contributed by atoms with van der Waals surface area (Å²) in [5, 5.41) is 0. The molecule has 162 valence electrons. The summed E-state index contributed by atoms with van der Waals surface area (Å²) in [6.07, 6.45) is -0.519. The van der Waals surface area contributed by atoms with Crippen molar-refractivity contribution in [3.05, 3.63) is 0 Å². The molecule has 0 radical (unpaired) electrons. The predicted molar refractivity (Wildman–Crippen MR) is 87.3 cm³/mol. The van der Waals surface area contributed by atoms with E-state index in [2.05, 4.69) is 0 Å². The van der Waals surface area contributed by atoms with Crippen LogP contribution in [0.3, 0.4) is 0 Å². The third kappa shape index (κ3) is 8.54. The Hall–Kier alpha value is -0.570. The summed E-state index contributed by atoms with van der Waals surface area (Å²) in [5.74, 6) is -11.0.